The van der Waals surface area contributed by atoms with E-state index in [4.69, 9.17) is 4.74 Å². The topological polar surface area (TPSA) is 26.3 Å². The fourth-order valence-corrected chi connectivity index (χ4v) is 1.18. The molecule has 0 radical (unpaired) electrons. The van der Waals surface area contributed by atoms with Crippen LogP contribution in [0.5, 0.6) is 0 Å². The highest BCUT2D eigenvalue weighted by Gasteiger charge is 2.01. The summed E-state index contributed by atoms with van der Waals surface area (Å²) in [5.41, 5.74) is 0.606. The number of esters is 1. The average Bonchev–Trinajstić information content (AvgIpc) is 2.34. The van der Waals surface area contributed by atoms with Crippen LogP contribution in [0.4, 0.5) is 0 Å². The Kier molecular flexibility index (Phi) is 9.92. The number of carbonyl (C=O) groups is 1. The molecule has 17 heavy (non-hydrogen) atoms. The smallest absolute Gasteiger partial charge is 0.334 e. The van der Waals surface area contributed by atoms with Gasteiger partial charge >= 0.3 is 5.97 Å². The summed E-state index contributed by atoms with van der Waals surface area (Å²) >= 11 is 0. The van der Waals surface area contributed by atoms with Crippen LogP contribution in [0, 0.1) is 0 Å². The number of hydrogen-bond donors (Lipinski definition) is 0. The second-order valence-electron chi connectivity index (χ2n) is 3.74. The fourth-order valence-electron chi connectivity index (χ4n) is 1.18. The number of ether oxygens (including phenoxy) is 1. The summed E-state index contributed by atoms with van der Waals surface area (Å²) in [7, 11) is 0. The molecule has 0 heterocycles. The summed E-state index contributed by atoms with van der Waals surface area (Å²) in [6.45, 7) is 9.16. The van der Waals surface area contributed by atoms with E-state index in [9.17, 15) is 4.79 Å². The summed E-state index contributed by atoms with van der Waals surface area (Å²) < 4.78 is 4.89. The average molecular weight is 234 g/mol. The molecule has 0 aliphatic heterocycles. The lowest BCUT2D eigenvalue weighted by Gasteiger charge is -1.99. The third-order valence-corrected chi connectivity index (χ3v) is 2.17. The van der Waals surface area contributed by atoms with Crippen molar-refractivity contribution in [1.82, 2.24) is 0 Å². The Morgan fingerprint density at radius 1 is 1.18 bits per heavy atom. The highest BCUT2D eigenvalue weighted by molar-refractivity contribution is 5.88. The maximum Gasteiger partial charge on any atom is 0.334 e. The van der Waals surface area contributed by atoms with Crippen molar-refractivity contribution in [3.63, 3.8) is 0 Å². The third kappa shape index (κ3) is 9.36. The van der Waals surface area contributed by atoms with Crippen LogP contribution in [-0.4, -0.2) is 12.6 Å². The van der Waals surface area contributed by atoms with Crippen LogP contribution in [0.1, 0.15) is 32.6 Å². The van der Waals surface area contributed by atoms with Gasteiger partial charge in [0.05, 0.1) is 0 Å². The van der Waals surface area contributed by atoms with E-state index in [0.29, 0.717) is 5.57 Å². The number of unbranched alkanes of at least 4 members (excludes halogenated alkanes) is 3. The van der Waals surface area contributed by atoms with Crippen LogP contribution in [0.2, 0.25) is 0 Å². The minimum absolute atomic E-state index is 0.259. The van der Waals surface area contributed by atoms with Gasteiger partial charge in [0, 0.05) is 5.57 Å². The zero-order chi connectivity index (χ0) is 12.9. The zero-order valence-corrected chi connectivity index (χ0v) is 10.7. The second-order valence-corrected chi connectivity index (χ2v) is 3.74. The Morgan fingerprint density at radius 3 is 2.53 bits per heavy atom. The van der Waals surface area contributed by atoms with Crippen LogP contribution >= 0.6 is 0 Å². The predicted octanol–water partition coefficient (Wildman–Crippen LogP) is 3.96. The molecule has 0 aromatic carbocycles. The highest BCUT2D eigenvalue weighted by atomic mass is 16.5. The van der Waals surface area contributed by atoms with Gasteiger partial charge in [-0.15, -0.1) is 6.58 Å². The van der Waals surface area contributed by atoms with Crippen LogP contribution in [0.15, 0.2) is 49.1 Å². The first kappa shape index (κ1) is 15.4. The van der Waals surface area contributed by atoms with Gasteiger partial charge in [0.25, 0.3) is 0 Å². The quantitative estimate of drug-likeness (QED) is 0.198. The number of carbonyl (C=O) groups excluding carboxylic acids is 1. The molecule has 0 bridgehead atoms. The van der Waals surface area contributed by atoms with Gasteiger partial charge in [-0.3, -0.25) is 0 Å². The predicted molar refractivity (Wildman–Crippen MR) is 72.7 cm³/mol. The van der Waals surface area contributed by atoms with Gasteiger partial charge in [-0.1, -0.05) is 37.0 Å². The SMILES string of the molecule is C=CCCCC/C=C/C=C(\C)C(=O)OCC=C. The Hall–Kier alpha value is -1.57. The number of allylic oxidation sites excluding steroid dienone is 4. The normalized spacial score (nSPS) is 11.5. The van der Waals surface area contributed by atoms with Crippen molar-refractivity contribution in [2.75, 3.05) is 6.61 Å². The molecule has 0 aromatic rings. The van der Waals surface area contributed by atoms with E-state index in [2.05, 4.69) is 19.2 Å². The molecule has 0 fully saturated rings. The van der Waals surface area contributed by atoms with E-state index in [1.54, 1.807) is 19.1 Å². The highest BCUT2D eigenvalue weighted by Crippen LogP contribution is 2.02. The lowest BCUT2D eigenvalue weighted by Crippen LogP contribution is -2.05. The van der Waals surface area contributed by atoms with Crippen molar-refractivity contribution in [1.29, 1.82) is 0 Å². The molecule has 0 atom stereocenters. The first-order chi connectivity index (χ1) is 8.22. The summed E-state index contributed by atoms with van der Waals surface area (Å²) in [6, 6.07) is 0. The van der Waals surface area contributed by atoms with Crippen molar-refractivity contribution < 1.29 is 9.53 Å². The summed E-state index contributed by atoms with van der Waals surface area (Å²) in [5, 5.41) is 0. The first-order valence-corrected chi connectivity index (χ1v) is 5.94. The van der Waals surface area contributed by atoms with E-state index in [0.717, 1.165) is 25.7 Å². The molecule has 2 heteroatoms. The van der Waals surface area contributed by atoms with Gasteiger partial charge in [-0.2, -0.15) is 0 Å². The van der Waals surface area contributed by atoms with E-state index >= 15 is 0 Å². The number of hydrogen-bond acceptors (Lipinski definition) is 2. The summed E-state index contributed by atoms with van der Waals surface area (Å²) in [6.07, 6.45) is 13.6. The van der Waals surface area contributed by atoms with E-state index in [1.165, 1.54) is 0 Å². The maximum absolute atomic E-state index is 11.3. The molecule has 0 saturated heterocycles. The minimum atomic E-state index is -0.291. The van der Waals surface area contributed by atoms with Crippen LogP contribution in [-0.2, 0) is 9.53 Å². The van der Waals surface area contributed by atoms with Crippen molar-refractivity contribution in [2.45, 2.75) is 32.6 Å². The standard InChI is InChI=1S/C15H22O2/c1-4-6-7-8-9-10-11-12-14(3)15(16)17-13-5-2/h4-5,10-12H,1-2,6-9,13H2,3H3/b11-10+,14-12+. The summed E-state index contributed by atoms with van der Waals surface area (Å²) in [4.78, 5) is 11.3. The van der Waals surface area contributed by atoms with Crippen molar-refractivity contribution >= 4 is 5.97 Å². The lowest BCUT2D eigenvalue weighted by molar-refractivity contribution is -0.137. The van der Waals surface area contributed by atoms with E-state index in [-0.39, 0.29) is 12.6 Å². The molecule has 0 amide bonds. The number of rotatable bonds is 9. The Morgan fingerprint density at radius 2 is 1.88 bits per heavy atom. The first-order valence-electron chi connectivity index (χ1n) is 5.94. The minimum Gasteiger partial charge on any atom is -0.458 e. The summed E-state index contributed by atoms with van der Waals surface area (Å²) in [5.74, 6) is -0.291. The molecule has 0 unspecified atom stereocenters. The van der Waals surface area contributed by atoms with Crippen molar-refractivity contribution in [3.8, 4) is 0 Å². The van der Waals surface area contributed by atoms with Crippen LogP contribution in [0.25, 0.3) is 0 Å². The third-order valence-electron chi connectivity index (χ3n) is 2.17. The molecule has 0 aromatic heterocycles. The molecule has 0 aliphatic rings. The second kappa shape index (κ2) is 10.9. The van der Waals surface area contributed by atoms with E-state index in [1.807, 2.05) is 12.2 Å². The Balaban J connectivity index is 3.80. The van der Waals surface area contributed by atoms with Crippen LogP contribution < -0.4 is 0 Å². The van der Waals surface area contributed by atoms with Gasteiger partial charge in [0.2, 0.25) is 0 Å². The zero-order valence-electron chi connectivity index (χ0n) is 10.7. The fraction of sp³-hybridized carbons (Fsp3) is 0.400. The molecule has 2 nitrogen and oxygen atoms in total. The molecule has 0 saturated carbocycles. The van der Waals surface area contributed by atoms with Gasteiger partial charge in [-0.05, 0) is 32.6 Å². The monoisotopic (exact) mass is 234 g/mol. The van der Waals surface area contributed by atoms with E-state index < -0.39 is 0 Å². The molecular weight excluding hydrogens is 212 g/mol. The maximum atomic E-state index is 11.3. The molecule has 0 aliphatic carbocycles. The van der Waals surface area contributed by atoms with Gasteiger partial charge < -0.3 is 4.74 Å². The van der Waals surface area contributed by atoms with Gasteiger partial charge in [-0.25, -0.2) is 4.79 Å². The van der Waals surface area contributed by atoms with Crippen LogP contribution in [0.3, 0.4) is 0 Å². The van der Waals surface area contributed by atoms with Crippen molar-refractivity contribution in [2.24, 2.45) is 0 Å². The molecule has 0 rings (SSSR count). The molecule has 0 N–H and O–H groups in total. The lowest BCUT2D eigenvalue weighted by atomic mass is 10.2. The van der Waals surface area contributed by atoms with Gasteiger partial charge in [0.15, 0.2) is 0 Å². The Labute approximate surface area is 104 Å². The largest absolute Gasteiger partial charge is 0.458 e. The van der Waals surface area contributed by atoms with Gasteiger partial charge in [0.1, 0.15) is 6.61 Å². The Bertz CT molecular complexity index is 298. The van der Waals surface area contributed by atoms with Crippen molar-refractivity contribution in [3.05, 3.63) is 49.1 Å². The molecule has 0 spiro atoms. The molecular formula is C15H22O2. The molecule has 94 valence electrons.